The van der Waals surface area contributed by atoms with Crippen LogP contribution in [-0.2, 0) is 10.2 Å². The molecule has 1 N–H and O–H groups in total. The molecule has 1 saturated heterocycles. The molecule has 1 aliphatic heterocycles. The average Bonchev–Trinajstić information content (AvgIpc) is 2.50. The van der Waals surface area contributed by atoms with Crippen molar-refractivity contribution in [3.05, 3.63) is 41.0 Å². The Bertz CT molecular complexity index is 883. The zero-order valence-corrected chi connectivity index (χ0v) is 20.2. The summed E-state index contributed by atoms with van der Waals surface area (Å²) in [6.07, 6.45) is 0. The van der Waals surface area contributed by atoms with Gasteiger partial charge in [-0.3, -0.25) is 9.69 Å². The van der Waals surface area contributed by atoms with Crippen molar-refractivity contribution < 1.29 is 9.90 Å². The number of rotatable bonds is 3. The van der Waals surface area contributed by atoms with Crippen molar-refractivity contribution in [1.29, 1.82) is 0 Å². The number of fused-ring (bicyclic) bond motifs is 1. The maximum atomic E-state index is 12.1. The zero-order valence-electron chi connectivity index (χ0n) is 20.2. The number of nitrogens with zero attached hydrogens (tertiary/aromatic N) is 1. The van der Waals surface area contributed by atoms with Crippen LogP contribution in [0.3, 0.4) is 0 Å². The lowest BCUT2D eigenvalue weighted by atomic mass is 9.50. The van der Waals surface area contributed by atoms with Crippen molar-refractivity contribution in [3.8, 4) is 0 Å². The molecule has 0 radical (unpaired) electrons. The number of allylic oxidation sites excluding steroid dienone is 1. The van der Waals surface area contributed by atoms with Gasteiger partial charge in [-0.05, 0) is 81.6 Å². The minimum absolute atomic E-state index is 0.0406. The summed E-state index contributed by atoms with van der Waals surface area (Å²) in [7, 11) is 0. The van der Waals surface area contributed by atoms with E-state index in [2.05, 4.69) is 105 Å². The van der Waals surface area contributed by atoms with Crippen LogP contribution in [0.15, 0.2) is 29.8 Å². The number of carboxylic acid groups (broad SMARTS) is 1. The van der Waals surface area contributed by atoms with Crippen LogP contribution in [0.2, 0.25) is 0 Å². The third-order valence-electron chi connectivity index (χ3n) is 8.55. The van der Waals surface area contributed by atoms with Gasteiger partial charge in [-0.25, -0.2) is 0 Å². The van der Waals surface area contributed by atoms with Crippen LogP contribution in [0, 0.1) is 11.3 Å². The van der Waals surface area contributed by atoms with Crippen molar-refractivity contribution >= 4 is 11.5 Å². The molecule has 29 heavy (non-hydrogen) atoms. The molecule has 160 valence electrons. The Kier molecular flexibility index (Phi) is 4.54. The molecule has 0 spiro atoms. The minimum Gasteiger partial charge on any atom is -0.481 e. The fraction of sp³-hybridized carbons (Fsp3) is 0.654. The first-order valence-corrected chi connectivity index (χ1v) is 10.8. The Labute approximate surface area is 177 Å². The van der Waals surface area contributed by atoms with Crippen LogP contribution in [0.4, 0.5) is 0 Å². The van der Waals surface area contributed by atoms with Gasteiger partial charge in [0, 0.05) is 16.6 Å². The molecule has 3 heteroatoms. The van der Waals surface area contributed by atoms with Crippen molar-refractivity contribution in [2.24, 2.45) is 11.3 Å². The van der Waals surface area contributed by atoms with Gasteiger partial charge in [-0.1, -0.05) is 52.0 Å². The van der Waals surface area contributed by atoms with Gasteiger partial charge in [0.05, 0.1) is 5.92 Å². The Morgan fingerprint density at radius 2 is 1.41 bits per heavy atom. The van der Waals surface area contributed by atoms with Gasteiger partial charge in [0.25, 0.3) is 0 Å². The molecule has 0 atom stereocenters. The first kappa shape index (κ1) is 22.1. The van der Waals surface area contributed by atoms with Gasteiger partial charge in [0.2, 0.25) is 0 Å². The Balaban J connectivity index is 2.27. The summed E-state index contributed by atoms with van der Waals surface area (Å²) in [4.78, 5) is 14.5. The van der Waals surface area contributed by atoms with E-state index in [1.807, 2.05) is 0 Å². The number of benzene rings is 1. The second-order valence-electron chi connectivity index (χ2n) is 11.8. The lowest BCUT2D eigenvalue weighted by Crippen LogP contribution is -2.83. The van der Waals surface area contributed by atoms with Crippen LogP contribution in [0.25, 0.3) is 5.57 Å². The fourth-order valence-electron chi connectivity index (χ4n) is 7.79. The molecule has 1 heterocycles. The van der Waals surface area contributed by atoms with Gasteiger partial charge in [-0.2, -0.15) is 0 Å². The van der Waals surface area contributed by atoms with Crippen molar-refractivity contribution in [3.63, 3.8) is 0 Å². The number of carboxylic acids is 1. The summed E-state index contributed by atoms with van der Waals surface area (Å²) in [5, 5.41) is 9.93. The van der Waals surface area contributed by atoms with E-state index in [9.17, 15) is 9.90 Å². The fourth-order valence-corrected chi connectivity index (χ4v) is 7.79. The summed E-state index contributed by atoms with van der Waals surface area (Å²) in [5.74, 6) is -1.10. The zero-order chi connectivity index (χ0) is 22.4. The molecule has 0 unspecified atom stereocenters. The van der Waals surface area contributed by atoms with E-state index < -0.39 is 23.0 Å². The average molecular weight is 398 g/mol. The largest absolute Gasteiger partial charge is 0.481 e. The van der Waals surface area contributed by atoms with Crippen LogP contribution >= 0.6 is 0 Å². The smallest absolute Gasteiger partial charge is 0.310 e. The molecular formula is C26H39NO2. The summed E-state index contributed by atoms with van der Waals surface area (Å²) in [6.45, 7) is 24.6. The quantitative estimate of drug-likeness (QED) is 0.667. The van der Waals surface area contributed by atoms with Crippen LogP contribution in [-0.4, -0.2) is 32.6 Å². The molecule has 0 bridgehead atoms. The van der Waals surface area contributed by atoms with E-state index in [1.54, 1.807) is 0 Å². The molecule has 1 aromatic carbocycles. The van der Waals surface area contributed by atoms with Crippen LogP contribution < -0.4 is 0 Å². The summed E-state index contributed by atoms with van der Waals surface area (Å²) in [5.41, 5.74) is 4.19. The van der Waals surface area contributed by atoms with E-state index in [1.165, 1.54) is 22.3 Å². The highest BCUT2D eigenvalue weighted by molar-refractivity contribution is 5.78. The number of hydrogen-bond donors (Lipinski definition) is 1. The number of carbonyl (C=O) groups is 1. The van der Waals surface area contributed by atoms with Crippen molar-refractivity contribution in [2.45, 2.75) is 98.2 Å². The van der Waals surface area contributed by atoms with Gasteiger partial charge in [0.1, 0.15) is 0 Å². The normalized spacial score (nSPS) is 25.3. The Hall–Kier alpha value is -1.61. The molecular weight excluding hydrogens is 358 g/mol. The second kappa shape index (κ2) is 5.97. The molecule has 1 aliphatic carbocycles. The maximum absolute atomic E-state index is 12.1. The molecule has 2 aliphatic rings. The van der Waals surface area contributed by atoms with Gasteiger partial charge in [-0.15, -0.1) is 0 Å². The first-order chi connectivity index (χ1) is 12.9. The topological polar surface area (TPSA) is 40.5 Å². The lowest BCUT2D eigenvalue weighted by molar-refractivity contribution is -0.224. The highest BCUT2D eigenvalue weighted by Crippen LogP contribution is 2.62. The maximum Gasteiger partial charge on any atom is 0.310 e. The summed E-state index contributed by atoms with van der Waals surface area (Å²) < 4.78 is 0. The molecule has 1 aromatic rings. The SMILES string of the molecule is CC1=C(C(C)(C)N2C(C)(C)C(C(=O)O)C2(C)C)C(C)(C)C(C)(C)c2ccccc21. The third kappa shape index (κ3) is 2.55. The molecule has 0 saturated carbocycles. The predicted molar refractivity (Wildman–Crippen MR) is 121 cm³/mol. The van der Waals surface area contributed by atoms with Gasteiger partial charge >= 0.3 is 5.97 Å². The summed E-state index contributed by atoms with van der Waals surface area (Å²) in [6, 6.07) is 8.77. The van der Waals surface area contributed by atoms with Crippen LogP contribution in [0.1, 0.15) is 87.3 Å². The third-order valence-corrected chi connectivity index (χ3v) is 8.55. The molecule has 0 aromatic heterocycles. The number of likely N-dealkylation sites (tertiary alicyclic amines) is 1. The minimum atomic E-state index is -0.702. The Morgan fingerprint density at radius 3 is 1.90 bits per heavy atom. The first-order valence-electron chi connectivity index (χ1n) is 10.8. The molecule has 3 nitrogen and oxygen atoms in total. The number of aliphatic carboxylic acids is 1. The molecule has 1 fully saturated rings. The number of hydrogen-bond acceptors (Lipinski definition) is 2. The van der Waals surface area contributed by atoms with E-state index in [-0.39, 0.29) is 16.4 Å². The Morgan fingerprint density at radius 1 is 0.931 bits per heavy atom. The van der Waals surface area contributed by atoms with E-state index in [4.69, 9.17) is 0 Å². The van der Waals surface area contributed by atoms with Gasteiger partial charge < -0.3 is 5.11 Å². The van der Waals surface area contributed by atoms with Gasteiger partial charge in [0.15, 0.2) is 0 Å². The molecule has 0 amide bonds. The highest BCUT2D eigenvalue weighted by atomic mass is 16.4. The predicted octanol–water partition coefficient (Wildman–Crippen LogP) is 6.13. The van der Waals surface area contributed by atoms with Crippen molar-refractivity contribution in [1.82, 2.24) is 4.90 Å². The lowest BCUT2D eigenvalue weighted by Gasteiger charge is -2.72. The summed E-state index contributed by atoms with van der Waals surface area (Å²) >= 11 is 0. The van der Waals surface area contributed by atoms with Crippen molar-refractivity contribution in [2.75, 3.05) is 0 Å². The van der Waals surface area contributed by atoms with Crippen LogP contribution in [0.5, 0.6) is 0 Å². The second-order valence-corrected chi connectivity index (χ2v) is 11.8. The monoisotopic (exact) mass is 397 g/mol. The molecule has 3 rings (SSSR count). The van der Waals surface area contributed by atoms with E-state index >= 15 is 0 Å². The van der Waals surface area contributed by atoms with E-state index in [0.717, 1.165) is 0 Å². The standard InChI is InChI=1S/C26H39NO2/c1-16-17-14-12-13-15-18(17)22(2,3)23(4,5)19(16)24(6,7)27-25(8,9)20(21(28)29)26(27,10)11/h12-15,20H,1-11H3,(H,28,29). The highest BCUT2D eigenvalue weighted by Gasteiger charge is 2.68. The van der Waals surface area contributed by atoms with E-state index in [0.29, 0.717) is 0 Å².